The van der Waals surface area contributed by atoms with Crippen molar-refractivity contribution in [2.75, 3.05) is 11.9 Å². The fraction of sp³-hybridized carbons (Fsp3) is 0.750. The van der Waals surface area contributed by atoms with Gasteiger partial charge in [0.1, 0.15) is 12.1 Å². The highest BCUT2D eigenvalue weighted by atomic mass is 16.5. The van der Waals surface area contributed by atoms with Gasteiger partial charge in [0.2, 0.25) is 5.88 Å². The van der Waals surface area contributed by atoms with Gasteiger partial charge in [0.15, 0.2) is 0 Å². The van der Waals surface area contributed by atoms with E-state index in [9.17, 15) is 0 Å². The summed E-state index contributed by atoms with van der Waals surface area (Å²) in [4.78, 5) is 8.43. The summed E-state index contributed by atoms with van der Waals surface area (Å²) >= 11 is 0. The second-order valence-electron chi connectivity index (χ2n) is 5.74. The lowest BCUT2D eigenvalue weighted by Gasteiger charge is -2.29. The average molecular weight is 277 g/mol. The van der Waals surface area contributed by atoms with Gasteiger partial charge < -0.3 is 10.1 Å². The number of rotatable bonds is 7. The summed E-state index contributed by atoms with van der Waals surface area (Å²) in [6.45, 7) is 5.08. The third-order valence-electron chi connectivity index (χ3n) is 3.99. The lowest BCUT2D eigenvalue weighted by atomic mass is 9.83. The van der Waals surface area contributed by atoms with Crippen molar-refractivity contribution >= 4 is 5.82 Å². The van der Waals surface area contributed by atoms with Crippen molar-refractivity contribution in [1.29, 1.82) is 0 Å². The van der Waals surface area contributed by atoms with Gasteiger partial charge in [-0.3, -0.25) is 0 Å². The molecule has 1 N–H and O–H groups in total. The van der Waals surface area contributed by atoms with Gasteiger partial charge >= 0.3 is 0 Å². The van der Waals surface area contributed by atoms with Crippen LogP contribution in [0.3, 0.4) is 0 Å². The lowest BCUT2D eigenvalue weighted by Crippen LogP contribution is -2.26. The molecule has 0 atom stereocenters. The third-order valence-corrected chi connectivity index (χ3v) is 3.99. The van der Waals surface area contributed by atoms with Gasteiger partial charge in [-0.2, -0.15) is 0 Å². The quantitative estimate of drug-likeness (QED) is 0.817. The molecule has 1 aliphatic rings. The van der Waals surface area contributed by atoms with Crippen LogP contribution in [0.4, 0.5) is 5.82 Å². The Morgan fingerprint density at radius 2 is 1.95 bits per heavy atom. The Bertz CT molecular complexity index is 389. The summed E-state index contributed by atoms with van der Waals surface area (Å²) in [6, 6.07) is 2.46. The first-order chi connectivity index (χ1) is 9.81. The predicted molar refractivity (Wildman–Crippen MR) is 82.1 cm³/mol. The molecule has 1 aromatic rings. The minimum Gasteiger partial charge on any atom is -0.478 e. The fourth-order valence-corrected chi connectivity index (χ4v) is 2.92. The smallest absolute Gasteiger partial charge is 0.218 e. The van der Waals surface area contributed by atoms with Crippen LogP contribution in [-0.4, -0.2) is 22.6 Å². The second-order valence-corrected chi connectivity index (χ2v) is 5.74. The largest absolute Gasteiger partial charge is 0.478 e. The Morgan fingerprint density at radius 3 is 2.65 bits per heavy atom. The van der Waals surface area contributed by atoms with Crippen LogP contribution in [-0.2, 0) is 0 Å². The topological polar surface area (TPSA) is 47.0 Å². The highest BCUT2D eigenvalue weighted by Crippen LogP contribution is 2.29. The molecule has 1 heterocycles. The summed E-state index contributed by atoms with van der Waals surface area (Å²) in [7, 11) is 0. The molecule has 0 aliphatic heterocycles. The first kappa shape index (κ1) is 15.1. The number of nitrogens with zero attached hydrogens (tertiary/aromatic N) is 2. The minimum absolute atomic E-state index is 0.553. The van der Waals surface area contributed by atoms with Crippen LogP contribution in [0.15, 0.2) is 12.4 Å². The van der Waals surface area contributed by atoms with Gasteiger partial charge in [-0.1, -0.05) is 26.7 Å². The molecule has 0 unspecified atom stereocenters. The molecule has 0 amide bonds. The SMILES string of the molecule is CCCOc1cc(NC2CCC(CCC)CC2)ncn1. The first-order valence-corrected chi connectivity index (χ1v) is 8.03. The van der Waals surface area contributed by atoms with Crippen LogP contribution >= 0.6 is 0 Å². The van der Waals surface area contributed by atoms with Crippen LogP contribution in [0, 0.1) is 5.92 Å². The van der Waals surface area contributed by atoms with Crippen LogP contribution in [0.1, 0.15) is 58.8 Å². The van der Waals surface area contributed by atoms with Crippen LogP contribution in [0.2, 0.25) is 0 Å². The van der Waals surface area contributed by atoms with E-state index < -0.39 is 0 Å². The Morgan fingerprint density at radius 1 is 1.15 bits per heavy atom. The number of hydrogen-bond donors (Lipinski definition) is 1. The van der Waals surface area contributed by atoms with E-state index >= 15 is 0 Å². The molecule has 112 valence electrons. The fourth-order valence-electron chi connectivity index (χ4n) is 2.92. The zero-order chi connectivity index (χ0) is 14.2. The molecule has 0 bridgehead atoms. The number of ether oxygens (including phenoxy) is 1. The molecule has 1 saturated carbocycles. The van der Waals surface area contributed by atoms with Gasteiger partial charge in [-0.15, -0.1) is 0 Å². The van der Waals surface area contributed by atoms with Crippen LogP contribution in [0.25, 0.3) is 0 Å². The molecule has 0 spiro atoms. The zero-order valence-electron chi connectivity index (χ0n) is 12.8. The maximum Gasteiger partial charge on any atom is 0.218 e. The van der Waals surface area contributed by atoms with Gasteiger partial charge in [0.05, 0.1) is 6.61 Å². The van der Waals surface area contributed by atoms with Gasteiger partial charge in [0.25, 0.3) is 0 Å². The third kappa shape index (κ3) is 4.66. The summed E-state index contributed by atoms with van der Waals surface area (Å²) in [6.07, 6.45) is 10.5. The molecule has 2 rings (SSSR count). The van der Waals surface area contributed by atoms with Crippen molar-refractivity contribution in [3.8, 4) is 5.88 Å². The number of nitrogens with one attached hydrogen (secondary N) is 1. The molecule has 20 heavy (non-hydrogen) atoms. The Labute approximate surface area is 122 Å². The zero-order valence-corrected chi connectivity index (χ0v) is 12.8. The van der Waals surface area contributed by atoms with Crippen molar-refractivity contribution in [2.24, 2.45) is 5.92 Å². The predicted octanol–water partition coefficient (Wildman–Crippen LogP) is 4.04. The standard InChI is InChI=1S/C16H27N3O/c1-3-5-13-6-8-14(9-7-13)19-15-11-16(18-12-17-15)20-10-4-2/h11-14H,3-10H2,1-2H3,(H,17,18,19). The first-order valence-electron chi connectivity index (χ1n) is 8.03. The molecule has 0 aromatic carbocycles. The van der Waals surface area contributed by atoms with E-state index in [-0.39, 0.29) is 0 Å². The second kappa shape index (κ2) is 8.08. The van der Waals surface area contributed by atoms with Crippen molar-refractivity contribution < 1.29 is 4.74 Å². The van der Waals surface area contributed by atoms with E-state index in [2.05, 4.69) is 29.1 Å². The molecule has 0 saturated heterocycles. The van der Waals surface area contributed by atoms with E-state index in [0.717, 1.165) is 18.2 Å². The molecule has 4 nitrogen and oxygen atoms in total. The van der Waals surface area contributed by atoms with Crippen LogP contribution in [0.5, 0.6) is 5.88 Å². The molecular formula is C16H27N3O. The molecular weight excluding hydrogens is 250 g/mol. The van der Waals surface area contributed by atoms with Crippen molar-refractivity contribution in [3.05, 3.63) is 12.4 Å². The van der Waals surface area contributed by atoms with E-state index in [4.69, 9.17) is 4.74 Å². The van der Waals surface area contributed by atoms with Gasteiger partial charge in [0, 0.05) is 12.1 Å². The molecule has 0 radical (unpaired) electrons. The average Bonchev–Trinajstić information content (AvgIpc) is 2.48. The van der Waals surface area contributed by atoms with Crippen molar-refractivity contribution in [3.63, 3.8) is 0 Å². The normalized spacial score (nSPS) is 22.5. The number of aromatic nitrogens is 2. The molecule has 1 aliphatic carbocycles. The van der Waals surface area contributed by atoms with Gasteiger partial charge in [-0.25, -0.2) is 9.97 Å². The Balaban J connectivity index is 1.81. The minimum atomic E-state index is 0.553. The van der Waals surface area contributed by atoms with Crippen LogP contribution < -0.4 is 10.1 Å². The van der Waals surface area contributed by atoms with Crippen molar-refractivity contribution in [2.45, 2.75) is 64.8 Å². The summed E-state index contributed by atoms with van der Waals surface area (Å²) in [5.41, 5.74) is 0. The van der Waals surface area contributed by atoms with E-state index in [1.54, 1.807) is 6.33 Å². The Hall–Kier alpha value is -1.32. The maximum atomic E-state index is 5.54. The Kier molecular flexibility index (Phi) is 6.09. The maximum absolute atomic E-state index is 5.54. The van der Waals surface area contributed by atoms with E-state index in [1.807, 2.05) is 6.07 Å². The summed E-state index contributed by atoms with van der Waals surface area (Å²) in [5.74, 6) is 2.50. The highest BCUT2D eigenvalue weighted by Gasteiger charge is 2.20. The van der Waals surface area contributed by atoms with Gasteiger partial charge in [-0.05, 0) is 38.0 Å². The molecule has 1 fully saturated rings. The monoisotopic (exact) mass is 277 g/mol. The number of anilines is 1. The lowest BCUT2D eigenvalue weighted by molar-refractivity contribution is 0.304. The van der Waals surface area contributed by atoms with E-state index in [0.29, 0.717) is 18.5 Å². The molecule has 4 heteroatoms. The summed E-state index contributed by atoms with van der Waals surface area (Å²) < 4.78 is 5.54. The summed E-state index contributed by atoms with van der Waals surface area (Å²) in [5, 5.41) is 3.53. The highest BCUT2D eigenvalue weighted by molar-refractivity contribution is 5.38. The van der Waals surface area contributed by atoms with E-state index in [1.165, 1.54) is 38.5 Å². The van der Waals surface area contributed by atoms with Crippen molar-refractivity contribution in [1.82, 2.24) is 9.97 Å². The molecule has 1 aromatic heterocycles. The number of hydrogen-bond acceptors (Lipinski definition) is 4.